The van der Waals surface area contributed by atoms with Crippen LogP contribution in [-0.4, -0.2) is 4.98 Å². The molecule has 0 amide bonds. The van der Waals surface area contributed by atoms with Gasteiger partial charge in [0, 0.05) is 0 Å². The Balaban J connectivity index is 2.29. The molecule has 0 unspecified atom stereocenters. The summed E-state index contributed by atoms with van der Waals surface area (Å²) in [6.07, 6.45) is 0. The van der Waals surface area contributed by atoms with Crippen molar-refractivity contribution in [3.05, 3.63) is 80.9 Å². The number of aromatic amines is 1. The van der Waals surface area contributed by atoms with E-state index in [0.717, 1.165) is 11.1 Å². The van der Waals surface area contributed by atoms with Crippen LogP contribution in [-0.2, 0) is 0 Å². The minimum absolute atomic E-state index is 0.103. The molecular formula is C17H11Cl2NO. The summed E-state index contributed by atoms with van der Waals surface area (Å²) in [4.78, 5) is 15.5. The van der Waals surface area contributed by atoms with Crippen LogP contribution in [0.15, 0.2) is 65.5 Å². The number of rotatable bonds is 2. The summed E-state index contributed by atoms with van der Waals surface area (Å²) in [7, 11) is 0. The van der Waals surface area contributed by atoms with Crippen molar-refractivity contribution in [1.29, 1.82) is 0 Å². The molecule has 0 aliphatic carbocycles. The first-order valence-electron chi connectivity index (χ1n) is 6.40. The normalized spacial score (nSPS) is 10.6. The number of H-pyrrole nitrogens is 1. The Morgan fingerprint density at radius 3 is 1.43 bits per heavy atom. The van der Waals surface area contributed by atoms with Gasteiger partial charge in [-0.2, -0.15) is 0 Å². The summed E-state index contributed by atoms with van der Waals surface area (Å²) in [5, 5.41) is 0.205. The van der Waals surface area contributed by atoms with Gasteiger partial charge in [-0.25, -0.2) is 0 Å². The SMILES string of the molecule is O=c1c(Cl)c(-c2ccccc2)[nH]c(-c2ccccc2)c1Cl. The van der Waals surface area contributed by atoms with Crippen molar-refractivity contribution in [2.24, 2.45) is 0 Å². The number of hydrogen-bond donors (Lipinski definition) is 1. The van der Waals surface area contributed by atoms with E-state index in [2.05, 4.69) is 4.98 Å². The molecule has 1 aromatic heterocycles. The topological polar surface area (TPSA) is 32.9 Å². The second-order valence-electron chi connectivity index (χ2n) is 4.56. The smallest absolute Gasteiger partial charge is 0.219 e. The maximum absolute atomic E-state index is 12.3. The molecule has 0 bridgehead atoms. The summed E-state index contributed by atoms with van der Waals surface area (Å²) in [5.74, 6) is 0. The molecule has 0 saturated carbocycles. The average molecular weight is 316 g/mol. The minimum Gasteiger partial charge on any atom is -0.352 e. The lowest BCUT2D eigenvalue weighted by Gasteiger charge is -2.10. The quantitative estimate of drug-likeness (QED) is 0.708. The molecule has 104 valence electrons. The Morgan fingerprint density at radius 1 is 0.667 bits per heavy atom. The van der Waals surface area contributed by atoms with Gasteiger partial charge >= 0.3 is 0 Å². The van der Waals surface area contributed by atoms with E-state index in [1.54, 1.807) is 0 Å². The molecular weight excluding hydrogens is 305 g/mol. The van der Waals surface area contributed by atoms with Crippen molar-refractivity contribution in [3.8, 4) is 22.5 Å². The zero-order valence-corrected chi connectivity index (χ0v) is 12.4. The van der Waals surface area contributed by atoms with Crippen LogP contribution < -0.4 is 5.43 Å². The molecule has 3 rings (SSSR count). The second-order valence-corrected chi connectivity index (χ2v) is 5.32. The second kappa shape index (κ2) is 5.76. The van der Waals surface area contributed by atoms with Gasteiger partial charge in [0.05, 0.1) is 11.4 Å². The summed E-state index contributed by atoms with van der Waals surface area (Å²) in [6, 6.07) is 18.9. The van der Waals surface area contributed by atoms with Gasteiger partial charge in [-0.15, -0.1) is 0 Å². The van der Waals surface area contributed by atoms with Gasteiger partial charge < -0.3 is 4.98 Å². The summed E-state index contributed by atoms with van der Waals surface area (Å²) in [6.45, 7) is 0. The lowest BCUT2D eigenvalue weighted by atomic mass is 10.1. The molecule has 2 nitrogen and oxygen atoms in total. The fourth-order valence-corrected chi connectivity index (χ4v) is 2.72. The van der Waals surface area contributed by atoms with Crippen molar-refractivity contribution in [1.82, 2.24) is 4.98 Å². The van der Waals surface area contributed by atoms with E-state index in [0.29, 0.717) is 11.4 Å². The first-order valence-corrected chi connectivity index (χ1v) is 7.16. The highest BCUT2D eigenvalue weighted by Crippen LogP contribution is 2.30. The molecule has 1 heterocycles. The van der Waals surface area contributed by atoms with Gasteiger partial charge in [-0.3, -0.25) is 4.79 Å². The molecule has 0 fully saturated rings. The highest BCUT2D eigenvalue weighted by molar-refractivity contribution is 6.37. The van der Waals surface area contributed by atoms with Gasteiger partial charge in [0.1, 0.15) is 10.0 Å². The van der Waals surface area contributed by atoms with Gasteiger partial charge in [-0.1, -0.05) is 83.9 Å². The molecule has 0 radical (unpaired) electrons. The number of hydrogen-bond acceptors (Lipinski definition) is 1. The highest BCUT2D eigenvalue weighted by atomic mass is 35.5. The molecule has 1 N–H and O–H groups in total. The van der Waals surface area contributed by atoms with E-state index in [1.165, 1.54) is 0 Å². The molecule has 0 aliphatic rings. The Labute approximate surface area is 132 Å². The standard InChI is InChI=1S/C17H11Cl2NO/c18-13-15(11-7-3-1-4-8-11)20-16(14(19)17(13)21)12-9-5-2-6-10-12/h1-10H,(H,20,21). The zero-order valence-electron chi connectivity index (χ0n) is 10.9. The van der Waals surface area contributed by atoms with Crippen LogP contribution in [0.3, 0.4) is 0 Å². The number of aromatic nitrogens is 1. The Kier molecular flexibility index (Phi) is 3.82. The van der Waals surface area contributed by atoms with Crippen molar-refractivity contribution in [2.45, 2.75) is 0 Å². The van der Waals surface area contributed by atoms with Crippen LogP contribution in [0.2, 0.25) is 10.0 Å². The minimum atomic E-state index is -0.366. The summed E-state index contributed by atoms with van der Waals surface area (Å²) >= 11 is 12.3. The maximum Gasteiger partial charge on any atom is 0.219 e. The molecule has 0 atom stereocenters. The van der Waals surface area contributed by atoms with E-state index in [-0.39, 0.29) is 15.5 Å². The zero-order chi connectivity index (χ0) is 14.8. The molecule has 3 aromatic rings. The third-order valence-corrected chi connectivity index (χ3v) is 3.93. The number of halogens is 2. The van der Waals surface area contributed by atoms with Gasteiger partial charge in [0.2, 0.25) is 5.43 Å². The monoisotopic (exact) mass is 315 g/mol. The van der Waals surface area contributed by atoms with E-state index in [1.807, 2.05) is 60.7 Å². The van der Waals surface area contributed by atoms with E-state index < -0.39 is 0 Å². The fourth-order valence-electron chi connectivity index (χ4n) is 2.17. The van der Waals surface area contributed by atoms with E-state index >= 15 is 0 Å². The van der Waals surface area contributed by atoms with Crippen LogP contribution >= 0.6 is 23.2 Å². The molecule has 0 spiro atoms. The van der Waals surface area contributed by atoms with Crippen molar-refractivity contribution in [3.63, 3.8) is 0 Å². The van der Waals surface area contributed by atoms with Gasteiger partial charge in [-0.05, 0) is 11.1 Å². The molecule has 4 heteroatoms. The molecule has 0 saturated heterocycles. The maximum atomic E-state index is 12.3. The largest absolute Gasteiger partial charge is 0.352 e. The molecule has 21 heavy (non-hydrogen) atoms. The van der Waals surface area contributed by atoms with E-state index in [4.69, 9.17) is 23.2 Å². The van der Waals surface area contributed by atoms with E-state index in [9.17, 15) is 4.79 Å². The summed E-state index contributed by atoms with van der Waals surface area (Å²) in [5.41, 5.74) is 2.47. The van der Waals surface area contributed by atoms with Gasteiger partial charge in [0.15, 0.2) is 0 Å². The number of nitrogens with one attached hydrogen (secondary N) is 1. The van der Waals surface area contributed by atoms with Crippen LogP contribution in [0, 0.1) is 0 Å². The van der Waals surface area contributed by atoms with Crippen LogP contribution in [0.25, 0.3) is 22.5 Å². The number of pyridine rings is 1. The lowest BCUT2D eigenvalue weighted by Crippen LogP contribution is -2.08. The molecule has 0 aliphatic heterocycles. The third kappa shape index (κ3) is 2.60. The van der Waals surface area contributed by atoms with Crippen molar-refractivity contribution in [2.75, 3.05) is 0 Å². The Morgan fingerprint density at radius 2 is 1.05 bits per heavy atom. The first-order chi connectivity index (χ1) is 10.2. The van der Waals surface area contributed by atoms with Crippen molar-refractivity contribution < 1.29 is 0 Å². The van der Waals surface area contributed by atoms with Gasteiger partial charge in [0.25, 0.3) is 0 Å². The van der Waals surface area contributed by atoms with Crippen LogP contribution in [0.4, 0.5) is 0 Å². The van der Waals surface area contributed by atoms with Crippen LogP contribution in [0.1, 0.15) is 0 Å². The lowest BCUT2D eigenvalue weighted by molar-refractivity contribution is 1.30. The predicted octanol–water partition coefficient (Wildman–Crippen LogP) is 5.02. The highest BCUT2D eigenvalue weighted by Gasteiger charge is 2.16. The van der Waals surface area contributed by atoms with Crippen LogP contribution in [0.5, 0.6) is 0 Å². The fraction of sp³-hybridized carbons (Fsp3) is 0. The average Bonchev–Trinajstić information content (AvgIpc) is 2.55. The van der Waals surface area contributed by atoms with Crippen molar-refractivity contribution >= 4 is 23.2 Å². The Bertz CT molecular complexity index is 760. The predicted molar refractivity (Wildman–Crippen MR) is 88.0 cm³/mol. The third-order valence-electron chi connectivity index (χ3n) is 3.21. The molecule has 2 aromatic carbocycles. The first kappa shape index (κ1) is 13.9. The Hall–Kier alpha value is -2.03. The summed E-state index contributed by atoms with van der Waals surface area (Å²) < 4.78 is 0. The number of benzene rings is 2.